The van der Waals surface area contributed by atoms with Gasteiger partial charge < -0.3 is 29.5 Å². The highest BCUT2D eigenvalue weighted by atomic mass is 16.5. The number of carbonyl (C=O) groups is 1. The van der Waals surface area contributed by atoms with Crippen molar-refractivity contribution in [2.45, 2.75) is 71.0 Å². The molecule has 4 aromatic carbocycles. The van der Waals surface area contributed by atoms with Crippen LogP contribution in [0.1, 0.15) is 75.6 Å². The van der Waals surface area contributed by atoms with Gasteiger partial charge in [0.25, 0.3) is 0 Å². The molecule has 0 spiro atoms. The molecule has 52 heavy (non-hydrogen) atoms. The summed E-state index contributed by atoms with van der Waals surface area (Å²) in [7, 11) is 0. The Morgan fingerprint density at radius 3 is 1.67 bits per heavy atom. The van der Waals surface area contributed by atoms with Crippen molar-refractivity contribution in [2.24, 2.45) is 23.2 Å². The third-order valence-electron chi connectivity index (χ3n) is 11.5. The van der Waals surface area contributed by atoms with Crippen LogP contribution in [0, 0.1) is 23.2 Å². The first-order valence-electron chi connectivity index (χ1n) is 18.8. The third-order valence-corrected chi connectivity index (χ3v) is 11.5. The van der Waals surface area contributed by atoms with Gasteiger partial charge in [-0.1, -0.05) is 100 Å². The van der Waals surface area contributed by atoms with Gasteiger partial charge in [0, 0.05) is 5.92 Å². The number of carbonyl (C=O) groups excluding carboxylic acids is 1. The maximum absolute atomic E-state index is 12.9. The number of ether oxygens (including phenoxy) is 3. The lowest BCUT2D eigenvalue weighted by atomic mass is 9.67. The molecule has 7 nitrogen and oxygen atoms in total. The molecule has 4 aromatic rings. The first-order chi connectivity index (χ1) is 25.0. The number of fused-ring (bicyclic) bond motifs is 3. The van der Waals surface area contributed by atoms with Crippen molar-refractivity contribution in [3.63, 3.8) is 0 Å². The van der Waals surface area contributed by atoms with Crippen molar-refractivity contribution in [3.8, 4) is 22.6 Å². The zero-order valence-electron chi connectivity index (χ0n) is 31.0. The Bertz CT molecular complexity index is 1720. The molecule has 2 aliphatic carbocycles. The average molecular weight is 707 g/mol. The maximum Gasteiger partial charge on any atom is 0.161 e. The summed E-state index contributed by atoms with van der Waals surface area (Å²) in [4.78, 5) is 12.9. The summed E-state index contributed by atoms with van der Waals surface area (Å²) in [5.74, 6) is 2.71. The van der Waals surface area contributed by atoms with Crippen molar-refractivity contribution in [1.82, 2.24) is 0 Å². The number of Topliss-reactive ketones (excluding diaryl/α,β-unsaturated/α-hetero) is 1. The Balaban J connectivity index is 1.10. The lowest BCUT2D eigenvalue weighted by Gasteiger charge is -2.38. The molecule has 2 aliphatic rings. The smallest absolute Gasteiger partial charge is 0.161 e. The van der Waals surface area contributed by atoms with Gasteiger partial charge in [0.2, 0.25) is 0 Å². The summed E-state index contributed by atoms with van der Waals surface area (Å²) in [5.41, 5.74) is 6.48. The molecule has 0 bridgehead atoms. The van der Waals surface area contributed by atoms with Crippen molar-refractivity contribution in [2.75, 3.05) is 33.0 Å². The number of aliphatic hydroxyl groups excluding tert-OH is 3. The molecule has 3 N–H and O–H groups in total. The third kappa shape index (κ3) is 7.98. The summed E-state index contributed by atoms with van der Waals surface area (Å²) in [6.07, 6.45) is 2.20. The van der Waals surface area contributed by atoms with Gasteiger partial charge in [-0.15, -0.1) is 0 Å². The van der Waals surface area contributed by atoms with Crippen LogP contribution >= 0.6 is 0 Å². The highest BCUT2D eigenvalue weighted by Crippen LogP contribution is 2.56. The summed E-state index contributed by atoms with van der Waals surface area (Å²) >= 11 is 0. The Morgan fingerprint density at radius 1 is 0.712 bits per heavy atom. The van der Waals surface area contributed by atoms with Crippen molar-refractivity contribution >= 4 is 5.78 Å². The Labute approximate surface area is 308 Å². The molecule has 0 aromatic heterocycles. The van der Waals surface area contributed by atoms with E-state index in [0.717, 1.165) is 36.8 Å². The fourth-order valence-corrected chi connectivity index (χ4v) is 8.17. The van der Waals surface area contributed by atoms with E-state index in [1.807, 2.05) is 24.3 Å². The van der Waals surface area contributed by atoms with E-state index < -0.39 is 17.6 Å². The van der Waals surface area contributed by atoms with Crippen LogP contribution in [0.2, 0.25) is 0 Å². The van der Waals surface area contributed by atoms with Crippen LogP contribution in [0.3, 0.4) is 0 Å². The minimum absolute atomic E-state index is 0.00530. The molecule has 6 rings (SSSR count). The van der Waals surface area contributed by atoms with E-state index in [4.69, 9.17) is 14.2 Å². The highest BCUT2D eigenvalue weighted by molar-refractivity contribution is 5.86. The van der Waals surface area contributed by atoms with E-state index in [0.29, 0.717) is 23.3 Å². The molecule has 0 radical (unpaired) electrons. The summed E-state index contributed by atoms with van der Waals surface area (Å²) in [5, 5.41) is 29.6. The molecule has 3 unspecified atom stereocenters. The maximum atomic E-state index is 12.9. The van der Waals surface area contributed by atoms with Gasteiger partial charge >= 0.3 is 0 Å². The normalized spacial score (nSPS) is 19.6. The molecule has 0 aliphatic heterocycles. The van der Waals surface area contributed by atoms with Crippen LogP contribution in [0.4, 0.5) is 0 Å². The van der Waals surface area contributed by atoms with Gasteiger partial charge in [-0.05, 0) is 101 Å². The summed E-state index contributed by atoms with van der Waals surface area (Å²) < 4.78 is 17.4. The fourth-order valence-electron chi connectivity index (χ4n) is 8.17. The average Bonchev–Trinajstić information content (AvgIpc) is 3.47. The lowest BCUT2D eigenvalue weighted by Crippen LogP contribution is -2.32. The SMILES string of the molecule is CC(C1CCC(C(=O)COCC(O)COc2ccc(C3(c4ccc(OCC(O)CO)cc4)c4ccccc4-c4ccccc43)cc2)CC1)C(C)(C)C. The number of benzene rings is 4. The molecule has 276 valence electrons. The lowest BCUT2D eigenvalue weighted by molar-refractivity contribution is -0.130. The van der Waals surface area contributed by atoms with Gasteiger partial charge in [0.15, 0.2) is 5.78 Å². The number of ketones is 1. The number of rotatable bonds is 15. The molecule has 0 amide bonds. The second-order valence-electron chi connectivity index (χ2n) is 15.7. The zero-order chi connectivity index (χ0) is 36.9. The molecule has 0 saturated heterocycles. The molecular weight excluding hydrogens is 652 g/mol. The number of hydrogen-bond donors (Lipinski definition) is 3. The monoisotopic (exact) mass is 706 g/mol. The highest BCUT2D eigenvalue weighted by Gasteiger charge is 2.46. The second kappa shape index (κ2) is 16.3. The van der Waals surface area contributed by atoms with Crippen LogP contribution in [0.5, 0.6) is 11.5 Å². The first kappa shape index (κ1) is 37.7. The minimum Gasteiger partial charge on any atom is -0.491 e. The first-order valence-corrected chi connectivity index (χ1v) is 18.8. The van der Waals surface area contributed by atoms with E-state index in [1.54, 1.807) is 0 Å². The molecule has 1 saturated carbocycles. The number of aliphatic hydroxyl groups is 3. The molecular formula is C45H54O7. The molecule has 3 atom stereocenters. The van der Waals surface area contributed by atoms with Gasteiger partial charge in [-0.25, -0.2) is 0 Å². The fraction of sp³-hybridized carbons (Fsp3) is 0.444. The van der Waals surface area contributed by atoms with Gasteiger partial charge in [-0.2, -0.15) is 0 Å². The zero-order valence-corrected chi connectivity index (χ0v) is 31.0. The quantitative estimate of drug-likeness (QED) is 0.103. The van der Waals surface area contributed by atoms with Crippen LogP contribution in [-0.4, -0.2) is 66.3 Å². The van der Waals surface area contributed by atoms with E-state index in [9.17, 15) is 20.1 Å². The van der Waals surface area contributed by atoms with Gasteiger partial charge in [0.05, 0.1) is 18.6 Å². The van der Waals surface area contributed by atoms with Gasteiger partial charge in [0.1, 0.15) is 43.5 Å². The predicted octanol–water partition coefficient (Wildman–Crippen LogP) is 7.60. The van der Waals surface area contributed by atoms with Crippen LogP contribution in [0.15, 0.2) is 97.1 Å². The van der Waals surface area contributed by atoms with E-state index in [-0.39, 0.29) is 50.2 Å². The topological polar surface area (TPSA) is 105 Å². The number of hydrogen-bond acceptors (Lipinski definition) is 7. The molecule has 0 heterocycles. The Hall–Kier alpha value is -4.01. The second-order valence-corrected chi connectivity index (χ2v) is 15.7. The van der Waals surface area contributed by atoms with Crippen LogP contribution in [-0.2, 0) is 14.9 Å². The van der Waals surface area contributed by atoms with E-state index in [2.05, 4.69) is 100 Å². The summed E-state index contributed by atoms with van der Waals surface area (Å²) in [6, 6.07) is 32.9. The molecule has 1 fully saturated rings. The summed E-state index contributed by atoms with van der Waals surface area (Å²) in [6.45, 7) is 8.99. The predicted molar refractivity (Wildman–Crippen MR) is 204 cm³/mol. The Morgan fingerprint density at radius 2 is 1.19 bits per heavy atom. The molecule has 7 heteroatoms. The van der Waals surface area contributed by atoms with Gasteiger partial charge in [-0.3, -0.25) is 4.79 Å². The largest absolute Gasteiger partial charge is 0.491 e. The van der Waals surface area contributed by atoms with Crippen molar-refractivity contribution in [1.29, 1.82) is 0 Å². The minimum atomic E-state index is -0.944. The van der Waals surface area contributed by atoms with Crippen molar-refractivity contribution in [3.05, 3.63) is 119 Å². The van der Waals surface area contributed by atoms with Crippen molar-refractivity contribution < 1.29 is 34.3 Å². The van der Waals surface area contributed by atoms with Crippen LogP contribution in [0.25, 0.3) is 11.1 Å². The Kier molecular flexibility index (Phi) is 11.9. The van der Waals surface area contributed by atoms with Crippen LogP contribution < -0.4 is 9.47 Å². The van der Waals surface area contributed by atoms with E-state index >= 15 is 0 Å². The van der Waals surface area contributed by atoms with E-state index in [1.165, 1.54) is 22.3 Å². The standard InChI is InChI=1S/C45H54O7/c1-30(44(2,3)4)31-13-15-32(16-14-31)43(49)29-50-26-36(48)28-52-38-23-19-34(20-24-38)45(33-17-21-37(22-18-33)51-27-35(47)25-46)41-11-7-5-9-39(41)40-10-6-8-12-42(40)45/h5-12,17-24,30-32,35-36,46-48H,13-16,25-29H2,1-4H3.